The summed E-state index contributed by atoms with van der Waals surface area (Å²) in [6, 6.07) is 1.06. The number of ether oxygens (including phenoxy) is 1. The number of rotatable bonds is 2. The molecule has 88 valence electrons. The molecule has 1 amide bonds. The second-order valence-electron chi connectivity index (χ2n) is 2.52. The van der Waals surface area contributed by atoms with Crippen LogP contribution in [0.15, 0.2) is 10.5 Å². The van der Waals surface area contributed by atoms with Crippen LogP contribution in [0.3, 0.4) is 0 Å². The summed E-state index contributed by atoms with van der Waals surface area (Å²) < 4.78 is 39.6. The number of carbonyl (C=O) groups excluding carboxylic acids is 1. The van der Waals surface area contributed by atoms with Crippen LogP contribution >= 0.6 is 38.5 Å². The van der Waals surface area contributed by atoms with Gasteiger partial charge in [0.25, 0.3) is 5.91 Å². The van der Waals surface area contributed by atoms with E-state index in [0.29, 0.717) is 0 Å². The van der Waals surface area contributed by atoms with Crippen molar-refractivity contribution in [3.05, 3.63) is 19.9 Å². The van der Waals surface area contributed by atoms with Crippen molar-refractivity contribution in [2.24, 2.45) is 5.73 Å². The molecule has 0 aliphatic rings. The van der Waals surface area contributed by atoms with Gasteiger partial charge in [0.05, 0.1) is 4.47 Å². The Bertz CT molecular complexity index is 415. The molecule has 9 heteroatoms. The molecule has 0 aliphatic heterocycles. The van der Waals surface area contributed by atoms with Crippen molar-refractivity contribution in [3.63, 3.8) is 0 Å². The predicted molar refractivity (Wildman–Crippen MR) is 59.9 cm³/mol. The monoisotopic (exact) mass is 410 g/mol. The Morgan fingerprint density at radius 2 is 2.12 bits per heavy atom. The molecule has 0 bridgehead atoms. The van der Waals surface area contributed by atoms with Gasteiger partial charge in [-0.2, -0.15) is 0 Å². The van der Waals surface area contributed by atoms with Crippen LogP contribution in [0.2, 0.25) is 0 Å². The molecule has 1 aromatic rings. The van der Waals surface area contributed by atoms with Gasteiger partial charge in [-0.25, -0.2) is 4.98 Å². The van der Waals surface area contributed by atoms with E-state index in [1.54, 1.807) is 0 Å². The zero-order chi connectivity index (χ0) is 12.5. The molecule has 4 nitrogen and oxygen atoms in total. The van der Waals surface area contributed by atoms with E-state index in [0.717, 1.165) is 6.07 Å². The highest BCUT2D eigenvalue weighted by molar-refractivity contribution is 14.1. The second kappa shape index (κ2) is 4.73. The van der Waals surface area contributed by atoms with Gasteiger partial charge < -0.3 is 10.5 Å². The minimum Gasteiger partial charge on any atom is -0.402 e. The summed E-state index contributed by atoms with van der Waals surface area (Å²) in [6.45, 7) is 0. The van der Waals surface area contributed by atoms with Crippen molar-refractivity contribution in [1.82, 2.24) is 4.98 Å². The van der Waals surface area contributed by atoms with Gasteiger partial charge in [-0.1, -0.05) is 0 Å². The van der Waals surface area contributed by atoms with E-state index in [9.17, 15) is 18.0 Å². The summed E-state index contributed by atoms with van der Waals surface area (Å²) in [7, 11) is 0. The summed E-state index contributed by atoms with van der Waals surface area (Å²) in [5.41, 5.74) is 4.79. The first kappa shape index (κ1) is 13.5. The number of alkyl halides is 3. The van der Waals surface area contributed by atoms with Crippen molar-refractivity contribution >= 4 is 44.4 Å². The standard InChI is InChI=1S/C7H3BrF3IN2O2/c8-2-1-3(6(13)15)14-5(12)4(2)16-7(9,10)11/h1H,(H2,13,15). The third kappa shape index (κ3) is 3.47. The topological polar surface area (TPSA) is 65.2 Å². The van der Waals surface area contributed by atoms with Crippen LogP contribution in [-0.4, -0.2) is 17.3 Å². The van der Waals surface area contributed by atoms with E-state index in [-0.39, 0.29) is 13.9 Å². The Kier molecular flexibility index (Phi) is 3.99. The highest BCUT2D eigenvalue weighted by atomic mass is 127. The maximum atomic E-state index is 12.0. The maximum absolute atomic E-state index is 12.0. The molecule has 0 spiro atoms. The van der Waals surface area contributed by atoms with E-state index in [1.807, 2.05) is 0 Å². The van der Waals surface area contributed by atoms with Crippen LogP contribution in [0.25, 0.3) is 0 Å². The highest BCUT2D eigenvalue weighted by Crippen LogP contribution is 2.34. The molecule has 0 fully saturated rings. The van der Waals surface area contributed by atoms with Gasteiger partial charge in [0.15, 0.2) is 5.75 Å². The number of primary amides is 1. The fourth-order valence-corrected chi connectivity index (χ4v) is 2.32. The summed E-state index contributed by atoms with van der Waals surface area (Å²) in [5.74, 6) is -1.34. The quantitative estimate of drug-likeness (QED) is 0.601. The normalized spacial score (nSPS) is 11.3. The van der Waals surface area contributed by atoms with Crippen LogP contribution in [0.5, 0.6) is 5.75 Å². The number of pyridine rings is 1. The van der Waals surface area contributed by atoms with E-state index >= 15 is 0 Å². The van der Waals surface area contributed by atoms with Gasteiger partial charge in [0.1, 0.15) is 9.39 Å². The Morgan fingerprint density at radius 3 is 2.50 bits per heavy atom. The predicted octanol–water partition coefficient (Wildman–Crippen LogP) is 2.45. The largest absolute Gasteiger partial charge is 0.573 e. The zero-order valence-corrected chi connectivity index (χ0v) is 11.1. The molecule has 0 saturated carbocycles. The molecule has 0 aliphatic carbocycles. The van der Waals surface area contributed by atoms with E-state index < -0.39 is 18.0 Å². The third-order valence-electron chi connectivity index (χ3n) is 1.36. The molecule has 1 heterocycles. The van der Waals surface area contributed by atoms with Gasteiger partial charge >= 0.3 is 6.36 Å². The van der Waals surface area contributed by atoms with E-state index in [1.165, 1.54) is 22.6 Å². The van der Waals surface area contributed by atoms with E-state index in [2.05, 4.69) is 25.7 Å². The third-order valence-corrected chi connectivity index (χ3v) is 2.68. The summed E-state index contributed by atoms with van der Waals surface area (Å²) in [4.78, 5) is 14.3. The summed E-state index contributed by atoms with van der Waals surface area (Å²) in [6.07, 6.45) is -4.82. The fourth-order valence-electron chi connectivity index (χ4n) is 0.806. The highest BCUT2D eigenvalue weighted by Gasteiger charge is 2.33. The lowest BCUT2D eigenvalue weighted by Crippen LogP contribution is -2.20. The van der Waals surface area contributed by atoms with Crippen molar-refractivity contribution < 1.29 is 22.7 Å². The molecule has 2 N–H and O–H groups in total. The molecule has 1 rings (SSSR count). The molecule has 0 unspecified atom stereocenters. The number of hydrogen-bond acceptors (Lipinski definition) is 3. The molecule has 1 aromatic heterocycles. The number of carbonyl (C=O) groups is 1. The van der Waals surface area contributed by atoms with Crippen molar-refractivity contribution in [1.29, 1.82) is 0 Å². The molecule has 16 heavy (non-hydrogen) atoms. The lowest BCUT2D eigenvalue weighted by atomic mass is 10.3. The van der Waals surface area contributed by atoms with Crippen LogP contribution in [0, 0.1) is 3.70 Å². The van der Waals surface area contributed by atoms with Crippen molar-refractivity contribution in [2.45, 2.75) is 6.36 Å². The maximum Gasteiger partial charge on any atom is 0.573 e. The Morgan fingerprint density at radius 1 is 1.56 bits per heavy atom. The molecular weight excluding hydrogens is 408 g/mol. The van der Waals surface area contributed by atoms with Crippen LogP contribution in [0.1, 0.15) is 10.5 Å². The van der Waals surface area contributed by atoms with Crippen LogP contribution in [0.4, 0.5) is 13.2 Å². The molecular formula is C7H3BrF3IN2O2. The molecule has 0 atom stereocenters. The molecule has 0 aromatic carbocycles. The number of nitrogens with zero attached hydrogens (tertiary/aromatic N) is 1. The number of amides is 1. The lowest BCUT2D eigenvalue weighted by Gasteiger charge is -2.12. The molecule has 0 radical (unpaired) electrons. The first-order chi connectivity index (χ1) is 7.20. The first-order valence-electron chi connectivity index (χ1n) is 3.62. The average molecular weight is 411 g/mol. The van der Waals surface area contributed by atoms with Gasteiger partial charge in [-0.15, -0.1) is 13.2 Å². The number of halogens is 5. The van der Waals surface area contributed by atoms with Gasteiger partial charge in [0.2, 0.25) is 0 Å². The minimum atomic E-state index is -4.82. The first-order valence-corrected chi connectivity index (χ1v) is 5.49. The van der Waals surface area contributed by atoms with Gasteiger partial charge in [-0.05, 0) is 44.6 Å². The number of hydrogen-bond donors (Lipinski definition) is 1. The second-order valence-corrected chi connectivity index (χ2v) is 4.40. The van der Waals surface area contributed by atoms with Gasteiger partial charge in [0, 0.05) is 0 Å². The Labute approximate surface area is 110 Å². The summed E-state index contributed by atoms with van der Waals surface area (Å²) in [5, 5.41) is 0. The lowest BCUT2D eigenvalue weighted by molar-refractivity contribution is -0.275. The summed E-state index contributed by atoms with van der Waals surface area (Å²) >= 11 is 4.35. The minimum absolute atomic E-state index is 0.0435. The van der Waals surface area contributed by atoms with Crippen molar-refractivity contribution in [3.8, 4) is 5.75 Å². The Hall–Kier alpha value is -0.580. The zero-order valence-electron chi connectivity index (χ0n) is 7.31. The fraction of sp³-hybridized carbons (Fsp3) is 0.143. The SMILES string of the molecule is NC(=O)c1cc(Br)c(OC(F)(F)F)c(I)n1. The number of aromatic nitrogens is 1. The molecule has 0 saturated heterocycles. The van der Waals surface area contributed by atoms with Gasteiger partial charge in [-0.3, -0.25) is 4.79 Å². The van der Waals surface area contributed by atoms with Crippen molar-refractivity contribution in [2.75, 3.05) is 0 Å². The Balaban J connectivity index is 3.18. The average Bonchev–Trinajstić information content (AvgIpc) is 2.09. The van der Waals surface area contributed by atoms with Crippen LogP contribution in [-0.2, 0) is 0 Å². The van der Waals surface area contributed by atoms with E-state index in [4.69, 9.17) is 5.73 Å². The van der Waals surface area contributed by atoms with Crippen LogP contribution < -0.4 is 10.5 Å². The number of nitrogens with two attached hydrogens (primary N) is 1. The smallest absolute Gasteiger partial charge is 0.402 e.